The Labute approximate surface area is 201 Å². The van der Waals surface area contributed by atoms with Gasteiger partial charge in [0.2, 0.25) is 0 Å². The number of hydrogen-bond acceptors (Lipinski definition) is 3. The summed E-state index contributed by atoms with van der Waals surface area (Å²) in [4.78, 5) is 18.8. The van der Waals surface area contributed by atoms with E-state index in [1.165, 1.54) is 77.3 Å². The maximum absolute atomic E-state index is 13.7. The van der Waals surface area contributed by atoms with Crippen LogP contribution in [0.1, 0.15) is 90.9 Å². The van der Waals surface area contributed by atoms with Gasteiger partial charge in [-0.05, 0) is 112 Å². The molecule has 2 heterocycles. The predicted molar refractivity (Wildman–Crippen MR) is 134 cm³/mol. The molecule has 33 heavy (non-hydrogen) atoms. The van der Waals surface area contributed by atoms with Crippen molar-refractivity contribution < 1.29 is 4.79 Å². The average molecular weight is 449 g/mol. The lowest BCUT2D eigenvalue weighted by Gasteiger charge is -2.56. The molecule has 2 aliphatic heterocycles. The molecule has 180 valence electrons. The van der Waals surface area contributed by atoms with E-state index in [1.54, 1.807) is 11.3 Å². The largest absolute Gasteiger partial charge is 0.377 e. The highest BCUT2D eigenvalue weighted by Crippen LogP contribution is 2.64. The lowest BCUT2D eigenvalue weighted by Crippen LogP contribution is -2.49. The van der Waals surface area contributed by atoms with Crippen LogP contribution in [0, 0.1) is 28.6 Å². The summed E-state index contributed by atoms with van der Waals surface area (Å²) in [5, 5.41) is 0. The number of ketones is 1. The third-order valence-electron chi connectivity index (χ3n) is 10.9. The molecule has 6 aliphatic rings. The van der Waals surface area contributed by atoms with Gasteiger partial charge in [0.1, 0.15) is 0 Å². The van der Waals surface area contributed by atoms with Gasteiger partial charge in [-0.2, -0.15) is 0 Å². The molecule has 0 amide bonds. The summed E-state index contributed by atoms with van der Waals surface area (Å²) in [6.45, 7) is 9.69. The number of carbonyl (C=O) groups is 1. The van der Waals surface area contributed by atoms with Gasteiger partial charge in [0.05, 0.1) is 0 Å². The second-order valence-corrected chi connectivity index (χ2v) is 12.6. The van der Waals surface area contributed by atoms with E-state index in [4.69, 9.17) is 0 Å². The van der Waals surface area contributed by atoms with E-state index in [-0.39, 0.29) is 5.41 Å². The molecule has 0 aromatic carbocycles. The minimum atomic E-state index is -0.117. The van der Waals surface area contributed by atoms with Crippen molar-refractivity contribution in [3.05, 3.63) is 35.2 Å². The average Bonchev–Trinajstić information content (AvgIpc) is 3.10. The van der Waals surface area contributed by atoms with Gasteiger partial charge >= 0.3 is 0 Å². The second kappa shape index (κ2) is 8.31. The fourth-order valence-corrected chi connectivity index (χ4v) is 8.80. The van der Waals surface area contributed by atoms with E-state index in [0.29, 0.717) is 23.0 Å². The molecule has 6 rings (SSSR count). The second-order valence-electron chi connectivity index (χ2n) is 12.6. The molecule has 4 fully saturated rings. The third-order valence-corrected chi connectivity index (χ3v) is 10.9. The van der Waals surface area contributed by atoms with Crippen LogP contribution in [0.15, 0.2) is 35.2 Å². The molecular weight excluding hydrogens is 404 g/mol. The van der Waals surface area contributed by atoms with Crippen LogP contribution in [0.25, 0.3) is 0 Å². The Bertz CT molecular complexity index is 887. The van der Waals surface area contributed by atoms with Gasteiger partial charge < -0.3 is 9.80 Å². The zero-order chi connectivity index (χ0) is 22.6. The molecule has 4 aliphatic carbocycles. The summed E-state index contributed by atoms with van der Waals surface area (Å²) in [5.74, 6) is 2.46. The molecule has 5 atom stereocenters. The van der Waals surface area contributed by atoms with Crippen LogP contribution < -0.4 is 0 Å². The summed E-state index contributed by atoms with van der Waals surface area (Å²) >= 11 is 0. The van der Waals surface area contributed by atoms with Crippen LogP contribution in [0.3, 0.4) is 0 Å². The van der Waals surface area contributed by atoms with Gasteiger partial charge in [0.15, 0.2) is 5.78 Å². The van der Waals surface area contributed by atoms with Crippen LogP contribution in [0.5, 0.6) is 0 Å². The monoisotopic (exact) mass is 448 g/mol. The van der Waals surface area contributed by atoms with E-state index in [9.17, 15) is 4.79 Å². The van der Waals surface area contributed by atoms with E-state index in [1.807, 2.05) is 0 Å². The standard InChI is InChI=1S/C30H44N2O/c1-29-13-11-24(32-17-7-4-8-18-32)20-23(29)9-10-25-26(29)12-14-30(2)27(25)19-22(28(30)33)21-31-15-5-3-6-16-31/h9,20-21,25-27H,3-8,10-19H2,1-2H3/t25-,26+,27+,29+,30+/m1/s1. The van der Waals surface area contributed by atoms with Crippen molar-refractivity contribution >= 4 is 5.78 Å². The highest BCUT2D eigenvalue weighted by atomic mass is 16.1. The molecule has 0 radical (unpaired) electrons. The van der Waals surface area contributed by atoms with Gasteiger partial charge in [-0.25, -0.2) is 0 Å². The van der Waals surface area contributed by atoms with E-state index in [0.717, 1.165) is 37.4 Å². The fraction of sp³-hybridized carbons (Fsp3) is 0.767. The van der Waals surface area contributed by atoms with E-state index < -0.39 is 0 Å². The minimum absolute atomic E-state index is 0.117. The normalized spacial score (nSPS) is 42.4. The number of hydrogen-bond donors (Lipinski definition) is 0. The molecule has 2 saturated heterocycles. The highest BCUT2D eigenvalue weighted by Gasteiger charge is 2.59. The van der Waals surface area contributed by atoms with Crippen LogP contribution >= 0.6 is 0 Å². The lowest BCUT2D eigenvalue weighted by molar-refractivity contribution is -0.129. The Morgan fingerprint density at radius 3 is 2.39 bits per heavy atom. The summed E-state index contributed by atoms with van der Waals surface area (Å²) < 4.78 is 0. The number of likely N-dealkylation sites (tertiary alicyclic amines) is 2. The zero-order valence-electron chi connectivity index (χ0n) is 21.1. The number of fused-ring (bicyclic) bond motifs is 5. The van der Waals surface area contributed by atoms with Crippen molar-refractivity contribution in [2.24, 2.45) is 28.6 Å². The van der Waals surface area contributed by atoms with Crippen molar-refractivity contribution in [3.63, 3.8) is 0 Å². The van der Waals surface area contributed by atoms with E-state index in [2.05, 4.69) is 42.0 Å². The third kappa shape index (κ3) is 3.55. The molecule has 2 saturated carbocycles. The van der Waals surface area contributed by atoms with Crippen molar-refractivity contribution in [1.82, 2.24) is 9.80 Å². The number of piperidine rings is 2. The van der Waals surface area contributed by atoms with Crippen molar-refractivity contribution in [1.29, 1.82) is 0 Å². The number of rotatable bonds is 2. The van der Waals surface area contributed by atoms with Crippen molar-refractivity contribution in [2.75, 3.05) is 26.2 Å². The predicted octanol–water partition coefficient (Wildman–Crippen LogP) is 6.48. The SMILES string of the molecule is C[C@]12CCC(N3CCCCC3)=CC1=CC[C@@H]1[C@@H]2CC[C@]2(C)C(=O)C(=CN3CCCCC3)C[C@@H]12. The first kappa shape index (κ1) is 22.0. The molecule has 3 heteroatoms. The van der Waals surface area contributed by atoms with Crippen molar-refractivity contribution in [2.45, 2.75) is 90.9 Å². The molecule has 0 aromatic rings. The minimum Gasteiger partial charge on any atom is -0.377 e. The van der Waals surface area contributed by atoms with Gasteiger partial charge in [0, 0.05) is 49.1 Å². The molecule has 0 unspecified atom stereocenters. The smallest absolute Gasteiger partial charge is 0.166 e. The summed E-state index contributed by atoms with van der Waals surface area (Å²) in [7, 11) is 0. The fourth-order valence-electron chi connectivity index (χ4n) is 8.80. The Morgan fingerprint density at radius 1 is 0.909 bits per heavy atom. The summed E-state index contributed by atoms with van der Waals surface area (Å²) in [6.07, 6.45) is 22.6. The number of allylic oxidation sites excluding steroid dienone is 5. The maximum Gasteiger partial charge on any atom is 0.166 e. The van der Waals surface area contributed by atoms with Gasteiger partial charge in [0.25, 0.3) is 0 Å². The van der Waals surface area contributed by atoms with Crippen LogP contribution in [0.2, 0.25) is 0 Å². The summed E-state index contributed by atoms with van der Waals surface area (Å²) in [5.41, 5.74) is 4.59. The molecule has 3 nitrogen and oxygen atoms in total. The maximum atomic E-state index is 13.7. The van der Waals surface area contributed by atoms with Gasteiger partial charge in [-0.3, -0.25) is 4.79 Å². The zero-order valence-corrected chi connectivity index (χ0v) is 21.1. The Balaban J connectivity index is 1.26. The summed E-state index contributed by atoms with van der Waals surface area (Å²) in [6, 6.07) is 0. The first-order valence-electron chi connectivity index (χ1n) is 14.1. The van der Waals surface area contributed by atoms with Crippen LogP contribution in [-0.4, -0.2) is 41.8 Å². The number of nitrogens with zero attached hydrogens (tertiary/aromatic N) is 2. The first-order valence-corrected chi connectivity index (χ1v) is 14.1. The van der Waals surface area contributed by atoms with Crippen LogP contribution in [-0.2, 0) is 4.79 Å². The topological polar surface area (TPSA) is 23.6 Å². The Hall–Kier alpha value is -1.51. The quantitative estimate of drug-likeness (QED) is 0.452. The first-order chi connectivity index (χ1) is 16.0. The number of Topliss-reactive ketones (excluding diaryl/α,β-unsaturated/α-hetero) is 1. The molecule has 0 bridgehead atoms. The molecule has 0 aromatic heterocycles. The van der Waals surface area contributed by atoms with Gasteiger partial charge in [-0.1, -0.05) is 19.9 Å². The van der Waals surface area contributed by atoms with Gasteiger partial charge in [-0.15, -0.1) is 0 Å². The number of carbonyl (C=O) groups excluding carboxylic acids is 1. The molecule has 0 spiro atoms. The lowest BCUT2D eigenvalue weighted by atomic mass is 9.48. The van der Waals surface area contributed by atoms with Crippen LogP contribution in [0.4, 0.5) is 0 Å². The highest BCUT2D eigenvalue weighted by molar-refractivity contribution is 6.02. The Morgan fingerprint density at radius 2 is 1.64 bits per heavy atom. The Kier molecular flexibility index (Phi) is 5.54. The van der Waals surface area contributed by atoms with Crippen molar-refractivity contribution in [3.8, 4) is 0 Å². The molecule has 0 N–H and O–H groups in total. The molecular formula is C30H44N2O. The van der Waals surface area contributed by atoms with E-state index >= 15 is 0 Å².